The molecule has 2 heterocycles. The Bertz CT molecular complexity index is 1220. The largest absolute Gasteiger partial charge is 0.772 e. The van der Waals surface area contributed by atoms with E-state index >= 15 is 0 Å². The molecule has 1 fully saturated rings. The van der Waals surface area contributed by atoms with Gasteiger partial charge in [0.15, 0.2) is 17.6 Å². The Morgan fingerprint density at radius 2 is 2.27 bits per heavy atom. The van der Waals surface area contributed by atoms with Crippen LogP contribution < -0.4 is 10.5 Å². The highest BCUT2D eigenvalue weighted by atomic mass is 32.2. The zero-order chi connectivity index (χ0) is 23.8. The Kier molecular flexibility index (Phi) is 6.26. The number of fused-ring (bicyclic) bond motifs is 1. The molecule has 2 N–H and O–H groups in total. The van der Waals surface area contributed by atoms with E-state index in [0.717, 1.165) is 0 Å². The fourth-order valence-corrected chi connectivity index (χ4v) is 6.67. The molecule has 2 aromatic rings. The van der Waals surface area contributed by atoms with E-state index in [1.165, 1.54) is 48.4 Å². The first-order valence-corrected chi connectivity index (χ1v) is 11.9. The maximum Gasteiger partial charge on any atom is 0.233 e. The molecule has 0 saturated heterocycles. The van der Waals surface area contributed by atoms with Crippen LogP contribution in [0.4, 0.5) is 8.78 Å². The minimum Gasteiger partial charge on any atom is -0.772 e. The Hall–Kier alpha value is -2.81. The summed E-state index contributed by atoms with van der Waals surface area (Å²) in [6, 6.07) is 4.15. The SMILES string of the molecule is C#CCOc1cnc(/C(F)=C/c2ccc(F)c([C@@]3(C)N=C(N)S[C@]4(CS(=O)[O-])C[C@H]43)c2)cn1. The van der Waals surface area contributed by atoms with Crippen LogP contribution in [-0.4, -0.2) is 41.0 Å². The third-order valence-corrected chi connectivity index (χ3v) is 7.96. The van der Waals surface area contributed by atoms with Gasteiger partial charge in [-0.2, -0.15) is 0 Å². The van der Waals surface area contributed by atoms with E-state index in [1.807, 2.05) is 0 Å². The summed E-state index contributed by atoms with van der Waals surface area (Å²) in [5, 5.41) is 0.200. The highest BCUT2D eigenvalue weighted by Crippen LogP contribution is 2.66. The summed E-state index contributed by atoms with van der Waals surface area (Å²) in [4.78, 5) is 12.4. The predicted molar refractivity (Wildman–Crippen MR) is 123 cm³/mol. The van der Waals surface area contributed by atoms with E-state index < -0.39 is 33.0 Å². The first-order chi connectivity index (χ1) is 15.7. The van der Waals surface area contributed by atoms with Crippen LogP contribution in [0.2, 0.25) is 0 Å². The molecule has 11 heteroatoms. The van der Waals surface area contributed by atoms with Gasteiger partial charge in [0.25, 0.3) is 0 Å². The van der Waals surface area contributed by atoms with Gasteiger partial charge in [0.05, 0.1) is 17.9 Å². The smallest absolute Gasteiger partial charge is 0.233 e. The van der Waals surface area contributed by atoms with Crippen molar-refractivity contribution in [2.45, 2.75) is 23.6 Å². The molecule has 4 rings (SSSR count). The van der Waals surface area contributed by atoms with Gasteiger partial charge in [0.2, 0.25) is 5.88 Å². The highest BCUT2D eigenvalue weighted by molar-refractivity contribution is 8.15. The van der Waals surface area contributed by atoms with Gasteiger partial charge in [0.1, 0.15) is 11.5 Å². The molecule has 0 bridgehead atoms. The number of amidine groups is 1. The summed E-state index contributed by atoms with van der Waals surface area (Å²) in [6.45, 7) is 1.74. The number of aliphatic imine (C=N–C) groups is 1. The zero-order valence-corrected chi connectivity index (χ0v) is 19.1. The van der Waals surface area contributed by atoms with Crippen molar-refractivity contribution in [3.05, 3.63) is 53.2 Å². The second-order valence-electron chi connectivity index (χ2n) is 7.93. The molecule has 1 aliphatic carbocycles. The van der Waals surface area contributed by atoms with Crippen molar-refractivity contribution in [2.75, 3.05) is 12.4 Å². The number of hydrogen-bond acceptors (Lipinski definition) is 8. The molecule has 172 valence electrons. The van der Waals surface area contributed by atoms with Gasteiger partial charge < -0.3 is 15.0 Å². The number of nitrogens with zero attached hydrogens (tertiary/aromatic N) is 3. The molecule has 1 saturated carbocycles. The summed E-state index contributed by atoms with van der Waals surface area (Å²) in [6.07, 6.45) is 9.30. The average molecular weight is 490 g/mol. The molecule has 0 amide bonds. The number of ether oxygens (including phenoxy) is 1. The molecule has 4 atom stereocenters. The molecular weight excluding hydrogens is 470 g/mol. The number of hydrogen-bond donors (Lipinski definition) is 1. The second-order valence-corrected chi connectivity index (χ2v) is 10.3. The molecule has 0 radical (unpaired) electrons. The topological polar surface area (TPSA) is 114 Å². The van der Waals surface area contributed by atoms with Gasteiger partial charge in [-0.3, -0.25) is 9.20 Å². The molecule has 1 aliphatic heterocycles. The number of halogens is 2. The lowest BCUT2D eigenvalue weighted by molar-refractivity contribution is 0.353. The third kappa shape index (κ3) is 4.64. The summed E-state index contributed by atoms with van der Waals surface area (Å²) in [5.74, 6) is 0.929. The van der Waals surface area contributed by atoms with Crippen molar-refractivity contribution in [2.24, 2.45) is 16.6 Å². The lowest BCUT2D eigenvalue weighted by atomic mass is 9.85. The number of rotatable bonds is 7. The fourth-order valence-electron chi connectivity index (χ4n) is 4.16. The van der Waals surface area contributed by atoms with Crippen molar-refractivity contribution in [1.82, 2.24) is 9.97 Å². The summed E-state index contributed by atoms with van der Waals surface area (Å²) < 4.78 is 56.9. The van der Waals surface area contributed by atoms with Crippen molar-refractivity contribution in [3.63, 3.8) is 0 Å². The van der Waals surface area contributed by atoms with Crippen molar-refractivity contribution in [3.8, 4) is 18.2 Å². The van der Waals surface area contributed by atoms with Gasteiger partial charge in [-0.25, -0.2) is 18.7 Å². The normalized spacial score (nSPS) is 27.2. The van der Waals surface area contributed by atoms with Gasteiger partial charge in [-0.15, -0.1) is 6.42 Å². The van der Waals surface area contributed by atoms with Crippen molar-refractivity contribution in [1.29, 1.82) is 0 Å². The molecule has 1 aromatic carbocycles. The molecule has 1 aromatic heterocycles. The van der Waals surface area contributed by atoms with Crippen molar-refractivity contribution < 1.29 is 22.3 Å². The molecule has 0 spiro atoms. The minimum atomic E-state index is -2.27. The fraction of sp³-hybridized carbons (Fsp3) is 0.318. The van der Waals surface area contributed by atoms with E-state index in [9.17, 15) is 17.5 Å². The zero-order valence-electron chi connectivity index (χ0n) is 17.5. The Morgan fingerprint density at radius 1 is 1.48 bits per heavy atom. The van der Waals surface area contributed by atoms with E-state index in [0.29, 0.717) is 12.0 Å². The Morgan fingerprint density at radius 3 is 2.94 bits per heavy atom. The maximum absolute atomic E-state index is 14.9. The van der Waals surface area contributed by atoms with Crippen molar-refractivity contribution >= 4 is 39.9 Å². The van der Waals surface area contributed by atoms with Crippen LogP contribution in [0.25, 0.3) is 11.9 Å². The highest BCUT2D eigenvalue weighted by Gasteiger charge is 2.66. The number of aromatic nitrogens is 2. The van der Waals surface area contributed by atoms with Crippen LogP contribution in [0.15, 0.2) is 35.6 Å². The average Bonchev–Trinajstić information content (AvgIpc) is 3.47. The Labute approximate surface area is 196 Å². The summed E-state index contributed by atoms with van der Waals surface area (Å²) in [5.41, 5.74) is 5.49. The number of thioether (sulfide) groups is 1. The second kappa shape index (κ2) is 8.85. The van der Waals surface area contributed by atoms with Crippen LogP contribution in [0.1, 0.15) is 30.2 Å². The molecule has 7 nitrogen and oxygen atoms in total. The quantitative estimate of drug-likeness (QED) is 0.470. The first-order valence-electron chi connectivity index (χ1n) is 9.83. The van der Waals surface area contributed by atoms with Gasteiger partial charge in [-0.05, 0) is 37.1 Å². The predicted octanol–water partition coefficient (Wildman–Crippen LogP) is 3.01. The number of nitrogens with two attached hydrogens (primary N) is 1. The van der Waals surface area contributed by atoms with E-state index in [2.05, 4.69) is 20.9 Å². The molecule has 2 aliphatic rings. The van der Waals surface area contributed by atoms with Crippen LogP contribution >= 0.6 is 11.8 Å². The third-order valence-electron chi connectivity index (χ3n) is 5.72. The minimum absolute atomic E-state index is 0.0159. The lowest BCUT2D eigenvalue weighted by Crippen LogP contribution is -2.38. The van der Waals surface area contributed by atoms with Crippen LogP contribution in [-0.2, 0) is 16.6 Å². The Balaban J connectivity index is 1.64. The standard InChI is InChI=1S/C22H20F2N4O3S2/c1-3-6-31-19-11-26-17(10-27-19)16(24)8-13-4-5-15(23)14(7-13)21(2)18-9-22(18,12-33(29)30)32-20(25)28-21/h1,4-5,7-8,10-11,18H,6,9,12H2,2H3,(H2,25,28)(H,29,30)/p-1/b16-8-/t18-,21+,22-/m0/s1. The van der Waals surface area contributed by atoms with Gasteiger partial charge in [-0.1, -0.05) is 34.8 Å². The lowest BCUT2D eigenvalue weighted by Gasteiger charge is -2.34. The van der Waals surface area contributed by atoms with E-state index in [4.69, 9.17) is 16.9 Å². The maximum atomic E-state index is 14.9. The summed E-state index contributed by atoms with van der Waals surface area (Å²) in [7, 11) is 0. The summed E-state index contributed by atoms with van der Waals surface area (Å²) >= 11 is -1.06. The molecular formula is C22H19F2N4O3S2-. The van der Waals surface area contributed by atoms with Crippen LogP contribution in [0, 0.1) is 24.1 Å². The molecule has 33 heavy (non-hydrogen) atoms. The van der Waals surface area contributed by atoms with E-state index in [1.54, 1.807) is 6.92 Å². The van der Waals surface area contributed by atoms with E-state index in [-0.39, 0.29) is 40.6 Å². The van der Waals surface area contributed by atoms with Crippen LogP contribution in [0.3, 0.4) is 0 Å². The van der Waals surface area contributed by atoms with Gasteiger partial charge in [0, 0.05) is 22.0 Å². The first kappa shape index (κ1) is 23.4. The molecule has 1 unspecified atom stereocenters. The number of terminal acetylenes is 1. The van der Waals surface area contributed by atoms with Crippen LogP contribution in [0.5, 0.6) is 5.88 Å². The number of benzene rings is 1. The monoisotopic (exact) mass is 489 g/mol. The van der Waals surface area contributed by atoms with Gasteiger partial charge >= 0.3 is 0 Å².